The molecule has 0 bridgehead atoms. The maximum Gasteiger partial charge on any atom is 0.258 e. The molecule has 0 saturated carbocycles. The summed E-state index contributed by atoms with van der Waals surface area (Å²) in [5, 5.41) is 12.3. The molecule has 0 saturated heterocycles. The monoisotopic (exact) mass is 358 g/mol. The van der Waals surface area contributed by atoms with E-state index in [0.29, 0.717) is 34.9 Å². The van der Waals surface area contributed by atoms with E-state index in [0.717, 1.165) is 5.01 Å². The predicted octanol–water partition coefficient (Wildman–Crippen LogP) is 1.54. The first-order chi connectivity index (χ1) is 12.0. The van der Waals surface area contributed by atoms with E-state index in [9.17, 15) is 9.59 Å². The number of carbonyl (C=O) groups is 1. The van der Waals surface area contributed by atoms with E-state index in [1.807, 2.05) is 24.8 Å². The van der Waals surface area contributed by atoms with E-state index in [2.05, 4.69) is 25.5 Å². The van der Waals surface area contributed by atoms with E-state index < -0.39 is 0 Å². The number of nitrogens with one attached hydrogen (secondary N) is 2. The number of fused-ring (bicyclic) bond motifs is 1. The number of rotatable bonds is 6. The largest absolute Gasteiger partial charge is 0.309 e. The van der Waals surface area contributed by atoms with Crippen molar-refractivity contribution in [1.29, 1.82) is 0 Å². The van der Waals surface area contributed by atoms with E-state index in [-0.39, 0.29) is 18.0 Å². The molecule has 0 aliphatic rings. The van der Waals surface area contributed by atoms with Gasteiger partial charge in [-0.05, 0) is 25.6 Å². The summed E-state index contributed by atoms with van der Waals surface area (Å²) in [5.74, 6) is 0.353. The highest BCUT2D eigenvalue weighted by Crippen LogP contribution is 2.13. The molecule has 130 valence electrons. The molecule has 2 N–H and O–H groups in total. The van der Waals surface area contributed by atoms with Gasteiger partial charge in [-0.2, -0.15) is 0 Å². The van der Waals surface area contributed by atoms with Crippen LogP contribution < -0.4 is 10.9 Å². The number of H-pyrrole nitrogens is 1. The molecule has 0 aliphatic heterocycles. The molecule has 0 aliphatic carbocycles. The van der Waals surface area contributed by atoms with Gasteiger partial charge in [-0.1, -0.05) is 30.4 Å². The molecule has 0 spiro atoms. The number of anilines is 1. The van der Waals surface area contributed by atoms with Crippen LogP contribution in [0.25, 0.3) is 10.9 Å². The normalized spacial score (nSPS) is 11.2. The Morgan fingerprint density at radius 1 is 1.32 bits per heavy atom. The maximum absolute atomic E-state index is 12.2. The molecule has 0 fully saturated rings. The first-order valence-electron chi connectivity index (χ1n) is 7.85. The topological polar surface area (TPSA) is 104 Å². The van der Waals surface area contributed by atoms with Gasteiger partial charge in [0.1, 0.15) is 10.8 Å². The Balaban J connectivity index is 1.69. The van der Waals surface area contributed by atoms with Crippen molar-refractivity contribution >= 4 is 33.3 Å². The summed E-state index contributed by atoms with van der Waals surface area (Å²) in [7, 11) is 0. The lowest BCUT2D eigenvalue weighted by molar-refractivity contribution is -0.117. The van der Waals surface area contributed by atoms with Crippen molar-refractivity contribution in [2.24, 2.45) is 0 Å². The number of hydrogen-bond donors (Lipinski definition) is 2. The fourth-order valence-electron chi connectivity index (χ4n) is 2.41. The number of nitrogens with zero attached hydrogens (tertiary/aromatic N) is 4. The van der Waals surface area contributed by atoms with Gasteiger partial charge in [-0.15, -0.1) is 10.2 Å². The van der Waals surface area contributed by atoms with Crippen molar-refractivity contribution in [1.82, 2.24) is 25.1 Å². The van der Waals surface area contributed by atoms with Crippen LogP contribution in [0.2, 0.25) is 0 Å². The zero-order valence-electron chi connectivity index (χ0n) is 13.9. The highest BCUT2D eigenvalue weighted by molar-refractivity contribution is 7.15. The Hall–Kier alpha value is -2.65. The second-order valence-corrected chi connectivity index (χ2v) is 6.69. The van der Waals surface area contributed by atoms with Gasteiger partial charge in [0, 0.05) is 0 Å². The van der Waals surface area contributed by atoms with E-state index in [4.69, 9.17) is 0 Å². The molecule has 8 nitrogen and oxygen atoms in total. The highest BCUT2D eigenvalue weighted by Gasteiger charge is 2.13. The van der Waals surface area contributed by atoms with Crippen molar-refractivity contribution in [3.63, 3.8) is 0 Å². The number of para-hydroxylation sites is 1. The fourth-order valence-corrected chi connectivity index (χ4v) is 3.02. The van der Waals surface area contributed by atoms with Crippen molar-refractivity contribution < 1.29 is 4.79 Å². The van der Waals surface area contributed by atoms with Crippen molar-refractivity contribution in [2.45, 2.75) is 20.4 Å². The summed E-state index contributed by atoms with van der Waals surface area (Å²) < 4.78 is 0. The molecule has 2 aromatic heterocycles. The molecule has 3 rings (SSSR count). The van der Waals surface area contributed by atoms with E-state index >= 15 is 0 Å². The quantitative estimate of drug-likeness (QED) is 0.693. The lowest BCUT2D eigenvalue weighted by Gasteiger charge is -2.18. The number of aryl methyl sites for hydroxylation is 1. The van der Waals surface area contributed by atoms with Crippen LogP contribution in [-0.4, -0.2) is 44.1 Å². The maximum atomic E-state index is 12.2. The van der Waals surface area contributed by atoms with Gasteiger partial charge in [0.15, 0.2) is 0 Å². The molecular weight excluding hydrogens is 340 g/mol. The molecule has 0 radical (unpaired) electrons. The highest BCUT2D eigenvalue weighted by atomic mass is 32.1. The Bertz CT molecular complexity index is 951. The Morgan fingerprint density at radius 3 is 2.84 bits per heavy atom. The van der Waals surface area contributed by atoms with Crippen LogP contribution in [-0.2, 0) is 11.3 Å². The standard InChI is InChI=1S/C16H18N6O2S/c1-3-22(9-14(23)19-16-21-20-10(2)25-16)8-13-17-12-7-5-4-6-11(12)15(24)18-13/h4-7H,3,8-9H2,1-2H3,(H,17,18,24)(H,19,21,23). The third-order valence-electron chi connectivity index (χ3n) is 3.62. The van der Waals surface area contributed by atoms with Crippen LogP contribution in [0.15, 0.2) is 29.1 Å². The minimum Gasteiger partial charge on any atom is -0.309 e. The van der Waals surface area contributed by atoms with Gasteiger partial charge in [-0.3, -0.25) is 19.8 Å². The SMILES string of the molecule is CCN(CC(=O)Nc1nnc(C)s1)Cc1nc2ccccc2c(=O)[nH]1. The Kier molecular flexibility index (Phi) is 5.15. The van der Waals surface area contributed by atoms with E-state index in [1.54, 1.807) is 18.2 Å². The van der Waals surface area contributed by atoms with Crippen molar-refractivity contribution in [3.05, 3.63) is 45.5 Å². The molecule has 1 amide bonds. The predicted molar refractivity (Wildman–Crippen MR) is 96.6 cm³/mol. The third-order valence-corrected chi connectivity index (χ3v) is 4.38. The third kappa shape index (κ3) is 4.25. The summed E-state index contributed by atoms with van der Waals surface area (Å²) >= 11 is 1.33. The summed E-state index contributed by atoms with van der Waals surface area (Å²) in [5.41, 5.74) is 0.469. The lowest BCUT2D eigenvalue weighted by atomic mass is 10.2. The lowest BCUT2D eigenvalue weighted by Crippen LogP contribution is -2.33. The summed E-state index contributed by atoms with van der Waals surface area (Å²) in [6.07, 6.45) is 0. The molecule has 25 heavy (non-hydrogen) atoms. The minimum absolute atomic E-state index is 0.172. The van der Waals surface area contributed by atoms with Crippen LogP contribution in [0.5, 0.6) is 0 Å². The van der Waals surface area contributed by atoms with Crippen LogP contribution in [0, 0.1) is 6.92 Å². The second-order valence-electron chi connectivity index (χ2n) is 5.51. The van der Waals surface area contributed by atoms with Crippen molar-refractivity contribution in [2.75, 3.05) is 18.4 Å². The van der Waals surface area contributed by atoms with Gasteiger partial charge in [0.05, 0.1) is 24.0 Å². The number of benzene rings is 1. The van der Waals surface area contributed by atoms with Gasteiger partial charge >= 0.3 is 0 Å². The summed E-state index contributed by atoms with van der Waals surface area (Å²) in [6, 6.07) is 7.18. The summed E-state index contributed by atoms with van der Waals surface area (Å²) in [4.78, 5) is 33.4. The fraction of sp³-hybridized carbons (Fsp3) is 0.312. The number of aromatic nitrogens is 4. The summed E-state index contributed by atoms with van der Waals surface area (Å²) in [6.45, 7) is 4.96. The molecule has 0 unspecified atom stereocenters. The van der Waals surface area contributed by atoms with Crippen LogP contribution in [0.3, 0.4) is 0 Å². The molecule has 9 heteroatoms. The second kappa shape index (κ2) is 7.49. The Morgan fingerprint density at radius 2 is 2.12 bits per heavy atom. The van der Waals surface area contributed by atoms with Crippen LogP contribution in [0.4, 0.5) is 5.13 Å². The van der Waals surface area contributed by atoms with Crippen LogP contribution in [0.1, 0.15) is 17.8 Å². The minimum atomic E-state index is -0.180. The van der Waals surface area contributed by atoms with Gasteiger partial charge in [-0.25, -0.2) is 4.98 Å². The molecule has 0 atom stereocenters. The average molecular weight is 358 g/mol. The zero-order chi connectivity index (χ0) is 17.8. The number of amides is 1. The molecular formula is C16H18N6O2S. The number of aromatic amines is 1. The number of carbonyl (C=O) groups excluding carboxylic acids is 1. The smallest absolute Gasteiger partial charge is 0.258 e. The number of hydrogen-bond acceptors (Lipinski definition) is 7. The Labute approximate surface area is 147 Å². The first kappa shape index (κ1) is 17.2. The average Bonchev–Trinajstić information content (AvgIpc) is 2.99. The van der Waals surface area contributed by atoms with Gasteiger partial charge in [0.25, 0.3) is 5.56 Å². The van der Waals surface area contributed by atoms with Crippen molar-refractivity contribution in [3.8, 4) is 0 Å². The van der Waals surface area contributed by atoms with E-state index in [1.165, 1.54) is 11.3 Å². The molecule has 2 heterocycles. The number of likely N-dealkylation sites (N-methyl/N-ethyl adjacent to an activating group) is 1. The van der Waals surface area contributed by atoms with Gasteiger partial charge < -0.3 is 4.98 Å². The molecule has 3 aromatic rings. The molecule has 1 aromatic carbocycles. The van der Waals surface area contributed by atoms with Gasteiger partial charge in [0.2, 0.25) is 11.0 Å². The first-order valence-corrected chi connectivity index (χ1v) is 8.67. The zero-order valence-corrected chi connectivity index (χ0v) is 14.8. The van der Waals surface area contributed by atoms with Crippen LogP contribution >= 0.6 is 11.3 Å².